The molecule has 0 spiro atoms. The smallest absolute Gasteiger partial charge is 0.226 e. The number of amides is 1. The fourth-order valence-corrected chi connectivity index (χ4v) is 4.06. The molecule has 0 heterocycles. The Morgan fingerprint density at radius 2 is 1.78 bits per heavy atom. The molecule has 0 aliphatic heterocycles. The molecule has 0 saturated heterocycles. The number of hydrogen-bond donors (Lipinski definition) is 1. The molecule has 1 amide bonds. The van der Waals surface area contributed by atoms with Crippen molar-refractivity contribution >= 4 is 23.1 Å². The van der Waals surface area contributed by atoms with E-state index < -0.39 is 0 Å². The van der Waals surface area contributed by atoms with Crippen molar-refractivity contribution in [3.8, 4) is 0 Å². The summed E-state index contributed by atoms with van der Waals surface area (Å²) in [6.07, 6.45) is 8.34. The van der Waals surface area contributed by atoms with E-state index in [4.69, 9.17) is 18.0 Å². The Labute approximate surface area is 114 Å². The number of nitrogens with two attached hydrogens (primary N) is 1. The summed E-state index contributed by atoms with van der Waals surface area (Å²) >= 11 is 5.02. The van der Waals surface area contributed by atoms with E-state index in [0.29, 0.717) is 23.5 Å². The molecule has 3 fully saturated rings. The summed E-state index contributed by atoms with van der Waals surface area (Å²) in [4.78, 5) is 15.1. The Bertz CT molecular complexity index is 355. The maximum atomic E-state index is 12.6. The van der Waals surface area contributed by atoms with Crippen molar-refractivity contribution < 1.29 is 4.79 Å². The molecule has 3 aliphatic carbocycles. The van der Waals surface area contributed by atoms with Crippen molar-refractivity contribution in [2.75, 3.05) is 6.54 Å². The predicted molar refractivity (Wildman–Crippen MR) is 75.1 cm³/mol. The van der Waals surface area contributed by atoms with Gasteiger partial charge in [0.05, 0.1) is 11.5 Å². The topological polar surface area (TPSA) is 46.3 Å². The highest BCUT2D eigenvalue weighted by Gasteiger charge is 2.49. The molecule has 0 aromatic rings. The summed E-state index contributed by atoms with van der Waals surface area (Å²) in [6.45, 7) is 0.491. The van der Waals surface area contributed by atoms with Gasteiger partial charge in [0.1, 0.15) is 0 Å². The van der Waals surface area contributed by atoms with Gasteiger partial charge in [-0.15, -0.1) is 0 Å². The van der Waals surface area contributed by atoms with Gasteiger partial charge in [0, 0.05) is 12.0 Å². The van der Waals surface area contributed by atoms with Crippen LogP contribution in [0.1, 0.15) is 44.9 Å². The van der Waals surface area contributed by atoms with Gasteiger partial charge in [-0.1, -0.05) is 25.1 Å². The second-order valence-electron chi connectivity index (χ2n) is 6.29. The van der Waals surface area contributed by atoms with Gasteiger partial charge < -0.3 is 10.6 Å². The summed E-state index contributed by atoms with van der Waals surface area (Å²) in [6, 6.07) is 0.399. The maximum Gasteiger partial charge on any atom is 0.226 e. The highest BCUT2D eigenvalue weighted by molar-refractivity contribution is 7.80. The van der Waals surface area contributed by atoms with Crippen LogP contribution in [0.15, 0.2) is 0 Å². The third-order valence-corrected chi connectivity index (χ3v) is 5.10. The van der Waals surface area contributed by atoms with Gasteiger partial charge in [-0.2, -0.15) is 0 Å². The first-order chi connectivity index (χ1) is 8.65. The molecule has 2 unspecified atom stereocenters. The summed E-state index contributed by atoms with van der Waals surface area (Å²) in [5, 5.41) is 0. The number of rotatable bonds is 4. The summed E-state index contributed by atoms with van der Waals surface area (Å²) in [5.74, 6) is 2.31. The van der Waals surface area contributed by atoms with E-state index in [2.05, 4.69) is 0 Å². The van der Waals surface area contributed by atoms with Crippen molar-refractivity contribution in [1.29, 1.82) is 0 Å². The molecule has 100 valence electrons. The lowest BCUT2D eigenvalue weighted by Gasteiger charge is -2.31. The van der Waals surface area contributed by atoms with Gasteiger partial charge in [-0.05, 0) is 43.9 Å². The first kappa shape index (κ1) is 12.4. The van der Waals surface area contributed by atoms with Gasteiger partial charge in [0.2, 0.25) is 5.91 Å². The van der Waals surface area contributed by atoms with Crippen LogP contribution in [0.3, 0.4) is 0 Å². The van der Waals surface area contributed by atoms with Crippen LogP contribution in [0.5, 0.6) is 0 Å². The van der Waals surface area contributed by atoms with Crippen LogP contribution in [0.2, 0.25) is 0 Å². The lowest BCUT2D eigenvalue weighted by molar-refractivity contribution is -0.137. The molecular formula is C14H22N2OS. The molecule has 3 aliphatic rings. The van der Waals surface area contributed by atoms with Crippen LogP contribution < -0.4 is 5.73 Å². The van der Waals surface area contributed by atoms with E-state index in [0.717, 1.165) is 37.5 Å². The van der Waals surface area contributed by atoms with Gasteiger partial charge in [-0.3, -0.25) is 4.79 Å². The van der Waals surface area contributed by atoms with Crippen LogP contribution in [0, 0.1) is 17.8 Å². The van der Waals surface area contributed by atoms with E-state index in [1.807, 2.05) is 4.90 Å². The Balaban J connectivity index is 1.66. The minimum atomic E-state index is 0.267. The molecule has 2 N–H and O–H groups in total. The molecule has 3 rings (SSSR count). The van der Waals surface area contributed by atoms with Gasteiger partial charge in [0.25, 0.3) is 0 Å². The Kier molecular flexibility index (Phi) is 3.31. The molecular weight excluding hydrogens is 244 g/mol. The number of carbonyl (C=O) groups is 1. The predicted octanol–water partition coefficient (Wildman–Crippen LogP) is 2.09. The number of thiocarbonyl (C=S) groups is 1. The molecule has 0 radical (unpaired) electrons. The van der Waals surface area contributed by atoms with Crippen LogP contribution in [0.25, 0.3) is 0 Å². The van der Waals surface area contributed by atoms with Crippen LogP contribution in [0.4, 0.5) is 0 Å². The third kappa shape index (κ3) is 2.40. The maximum absolute atomic E-state index is 12.6. The molecule has 0 bridgehead atoms. The van der Waals surface area contributed by atoms with Crippen LogP contribution >= 0.6 is 12.2 Å². The molecule has 3 nitrogen and oxygen atoms in total. The Morgan fingerprint density at radius 3 is 2.33 bits per heavy atom. The van der Waals surface area contributed by atoms with Crippen LogP contribution in [-0.2, 0) is 4.79 Å². The minimum absolute atomic E-state index is 0.267. The zero-order valence-electron chi connectivity index (χ0n) is 10.8. The standard InChI is InChI=1S/C14H22N2OS/c15-13(18)8-16(12-3-1-2-4-12)14(17)11-6-9-5-10(9)7-11/h9-12H,1-8H2,(H2,15,18). The van der Waals surface area contributed by atoms with Gasteiger partial charge in [0.15, 0.2) is 0 Å². The zero-order chi connectivity index (χ0) is 12.7. The average Bonchev–Trinajstić information content (AvgIpc) is 2.82. The minimum Gasteiger partial charge on any atom is -0.392 e. The molecule has 18 heavy (non-hydrogen) atoms. The lowest BCUT2D eigenvalue weighted by Crippen LogP contribution is -2.46. The van der Waals surface area contributed by atoms with Crippen molar-refractivity contribution in [3.63, 3.8) is 0 Å². The van der Waals surface area contributed by atoms with Gasteiger partial charge in [-0.25, -0.2) is 0 Å². The fourth-order valence-electron chi connectivity index (χ4n) is 3.92. The highest BCUT2D eigenvalue weighted by atomic mass is 32.1. The highest BCUT2D eigenvalue weighted by Crippen LogP contribution is 2.54. The monoisotopic (exact) mass is 266 g/mol. The zero-order valence-corrected chi connectivity index (χ0v) is 11.6. The SMILES string of the molecule is NC(=S)CN(C(=O)C1CC2CC2C1)C1CCCC1. The molecule has 0 aromatic heterocycles. The van der Waals surface area contributed by atoms with E-state index in [9.17, 15) is 4.79 Å². The quantitative estimate of drug-likeness (QED) is 0.793. The van der Waals surface area contributed by atoms with E-state index in [1.54, 1.807) is 0 Å². The first-order valence-corrected chi connectivity index (χ1v) is 7.64. The normalized spacial score (nSPS) is 34.3. The van der Waals surface area contributed by atoms with Crippen molar-refractivity contribution in [2.24, 2.45) is 23.5 Å². The molecule has 3 saturated carbocycles. The second-order valence-corrected chi connectivity index (χ2v) is 6.82. The molecule has 4 heteroatoms. The van der Waals surface area contributed by atoms with Crippen LogP contribution in [-0.4, -0.2) is 28.4 Å². The van der Waals surface area contributed by atoms with Gasteiger partial charge >= 0.3 is 0 Å². The number of fused-ring (bicyclic) bond motifs is 1. The third-order valence-electron chi connectivity index (χ3n) is 4.97. The summed E-state index contributed by atoms with van der Waals surface area (Å²) in [7, 11) is 0. The number of nitrogens with zero attached hydrogens (tertiary/aromatic N) is 1. The lowest BCUT2D eigenvalue weighted by atomic mass is 10.0. The number of carbonyl (C=O) groups excluding carboxylic acids is 1. The molecule has 2 atom stereocenters. The molecule has 0 aromatic carbocycles. The van der Waals surface area contributed by atoms with E-state index >= 15 is 0 Å². The average molecular weight is 266 g/mol. The second kappa shape index (κ2) is 4.80. The van der Waals surface area contributed by atoms with Crippen molar-refractivity contribution in [3.05, 3.63) is 0 Å². The summed E-state index contributed by atoms with van der Waals surface area (Å²) in [5.41, 5.74) is 5.67. The summed E-state index contributed by atoms with van der Waals surface area (Å²) < 4.78 is 0. The van der Waals surface area contributed by atoms with Crippen molar-refractivity contribution in [1.82, 2.24) is 4.90 Å². The van der Waals surface area contributed by atoms with Crippen molar-refractivity contribution in [2.45, 2.75) is 51.0 Å². The largest absolute Gasteiger partial charge is 0.392 e. The Hall–Kier alpha value is -0.640. The van der Waals surface area contributed by atoms with E-state index in [-0.39, 0.29) is 5.92 Å². The van der Waals surface area contributed by atoms with E-state index in [1.165, 1.54) is 19.3 Å². The first-order valence-electron chi connectivity index (χ1n) is 7.24. The number of hydrogen-bond acceptors (Lipinski definition) is 2. The Morgan fingerprint density at radius 1 is 1.17 bits per heavy atom. The fraction of sp³-hybridized carbons (Fsp3) is 0.857.